The highest BCUT2D eigenvalue weighted by Gasteiger charge is 2.21. The number of hydrogen-bond donors (Lipinski definition) is 2. The first kappa shape index (κ1) is 19.6. The van der Waals surface area contributed by atoms with Crippen LogP contribution in [0.25, 0.3) is 0 Å². The van der Waals surface area contributed by atoms with E-state index in [1.807, 2.05) is 18.2 Å². The second-order valence-corrected chi connectivity index (χ2v) is 7.92. The molecule has 1 saturated carbocycles. The number of nitrogens with zero attached hydrogens (tertiary/aromatic N) is 2. The minimum Gasteiger partial charge on any atom is -0.474 e. The number of urea groups is 1. The van der Waals surface area contributed by atoms with Gasteiger partial charge in [0.25, 0.3) is 0 Å². The Bertz CT molecular complexity index is 784. The number of pyridine rings is 1. The van der Waals surface area contributed by atoms with Crippen LogP contribution in [0.5, 0.6) is 5.88 Å². The van der Waals surface area contributed by atoms with Crippen molar-refractivity contribution in [1.82, 2.24) is 15.6 Å². The van der Waals surface area contributed by atoms with Crippen molar-refractivity contribution in [1.29, 1.82) is 0 Å². The van der Waals surface area contributed by atoms with Gasteiger partial charge in [-0.15, -0.1) is 0 Å². The van der Waals surface area contributed by atoms with E-state index in [0.29, 0.717) is 12.4 Å². The molecule has 1 aliphatic heterocycles. The van der Waals surface area contributed by atoms with Crippen LogP contribution in [-0.2, 0) is 6.54 Å². The Morgan fingerprint density at radius 2 is 1.79 bits per heavy atom. The number of para-hydroxylation sites is 1. The van der Waals surface area contributed by atoms with E-state index < -0.39 is 0 Å². The Balaban J connectivity index is 1.23. The number of rotatable bonds is 6. The number of nitrogens with one attached hydrogen (secondary N) is 2. The summed E-state index contributed by atoms with van der Waals surface area (Å²) >= 11 is 0. The fourth-order valence-electron chi connectivity index (χ4n) is 4.16. The zero-order chi connectivity index (χ0) is 19.9. The molecule has 6 nitrogen and oxygen atoms in total. The summed E-state index contributed by atoms with van der Waals surface area (Å²) in [5.74, 6) is 0.649. The second-order valence-electron chi connectivity index (χ2n) is 7.92. The Morgan fingerprint density at radius 1 is 1.03 bits per heavy atom. The minimum absolute atomic E-state index is 0.126. The molecule has 154 valence electrons. The van der Waals surface area contributed by atoms with Gasteiger partial charge in [-0.25, -0.2) is 9.78 Å². The van der Waals surface area contributed by atoms with E-state index in [4.69, 9.17) is 4.74 Å². The third kappa shape index (κ3) is 5.40. The SMILES string of the molecule is O=C(NCc1cccnc1OC1CCCC1)NC1CCN(c2ccccc2)CC1. The lowest BCUT2D eigenvalue weighted by atomic mass is 10.0. The first-order chi connectivity index (χ1) is 14.3. The van der Waals surface area contributed by atoms with Gasteiger partial charge in [0.05, 0.1) is 0 Å². The Kier molecular flexibility index (Phi) is 6.49. The molecule has 1 aromatic heterocycles. The number of hydrogen-bond acceptors (Lipinski definition) is 4. The van der Waals surface area contributed by atoms with Crippen molar-refractivity contribution in [3.63, 3.8) is 0 Å². The van der Waals surface area contributed by atoms with Gasteiger partial charge in [0.2, 0.25) is 5.88 Å². The molecule has 2 aromatic rings. The maximum absolute atomic E-state index is 12.4. The van der Waals surface area contributed by atoms with Gasteiger partial charge in [-0.2, -0.15) is 0 Å². The number of carbonyl (C=O) groups is 1. The van der Waals surface area contributed by atoms with Crippen LogP contribution in [0.2, 0.25) is 0 Å². The highest BCUT2D eigenvalue weighted by molar-refractivity contribution is 5.74. The quantitative estimate of drug-likeness (QED) is 0.781. The molecule has 2 aliphatic rings. The van der Waals surface area contributed by atoms with Crippen molar-refractivity contribution in [2.45, 2.75) is 57.2 Å². The number of carbonyl (C=O) groups excluding carboxylic acids is 1. The number of benzene rings is 1. The summed E-state index contributed by atoms with van der Waals surface area (Å²) in [5.41, 5.74) is 2.18. The number of piperidine rings is 1. The van der Waals surface area contributed by atoms with Gasteiger partial charge in [-0.3, -0.25) is 0 Å². The molecule has 0 atom stereocenters. The van der Waals surface area contributed by atoms with Crippen molar-refractivity contribution < 1.29 is 9.53 Å². The topological polar surface area (TPSA) is 66.5 Å². The number of ether oxygens (including phenoxy) is 1. The van der Waals surface area contributed by atoms with Crippen LogP contribution >= 0.6 is 0 Å². The first-order valence-electron chi connectivity index (χ1n) is 10.7. The largest absolute Gasteiger partial charge is 0.474 e. The lowest BCUT2D eigenvalue weighted by Crippen LogP contribution is -2.47. The molecule has 1 aliphatic carbocycles. The first-order valence-corrected chi connectivity index (χ1v) is 10.7. The van der Waals surface area contributed by atoms with Gasteiger partial charge in [0.1, 0.15) is 6.10 Å². The van der Waals surface area contributed by atoms with Crippen LogP contribution in [0.3, 0.4) is 0 Å². The van der Waals surface area contributed by atoms with Crippen LogP contribution in [0.15, 0.2) is 48.7 Å². The molecule has 29 heavy (non-hydrogen) atoms. The molecule has 2 heterocycles. The smallest absolute Gasteiger partial charge is 0.315 e. The average molecular weight is 395 g/mol. The van der Waals surface area contributed by atoms with E-state index in [1.165, 1.54) is 18.5 Å². The van der Waals surface area contributed by atoms with Crippen LogP contribution < -0.4 is 20.3 Å². The summed E-state index contributed by atoms with van der Waals surface area (Å²) in [6, 6.07) is 14.4. The summed E-state index contributed by atoms with van der Waals surface area (Å²) in [6.07, 6.45) is 8.52. The van der Waals surface area contributed by atoms with Crippen molar-refractivity contribution in [2.24, 2.45) is 0 Å². The molecule has 2 amide bonds. The van der Waals surface area contributed by atoms with Gasteiger partial charge in [0.15, 0.2) is 0 Å². The summed E-state index contributed by atoms with van der Waals surface area (Å²) in [4.78, 5) is 19.1. The fraction of sp³-hybridized carbons (Fsp3) is 0.478. The zero-order valence-electron chi connectivity index (χ0n) is 16.8. The predicted molar refractivity (Wildman–Crippen MR) is 114 cm³/mol. The lowest BCUT2D eigenvalue weighted by Gasteiger charge is -2.34. The minimum atomic E-state index is -0.126. The van der Waals surface area contributed by atoms with Gasteiger partial charge in [-0.05, 0) is 56.7 Å². The Labute approximate surface area is 172 Å². The van der Waals surface area contributed by atoms with Crippen LogP contribution in [0.4, 0.5) is 10.5 Å². The van der Waals surface area contributed by atoms with E-state index in [0.717, 1.165) is 44.3 Å². The molecule has 2 N–H and O–H groups in total. The van der Waals surface area contributed by atoms with E-state index >= 15 is 0 Å². The van der Waals surface area contributed by atoms with E-state index in [2.05, 4.69) is 44.8 Å². The molecule has 4 rings (SSSR count). The van der Waals surface area contributed by atoms with Crippen molar-refractivity contribution >= 4 is 11.7 Å². The predicted octanol–water partition coefficient (Wildman–Crippen LogP) is 3.87. The summed E-state index contributed by atoms with van der Waals surface area (Å²) < 4.78 is 6.05. The van der Waals surface area contributed by atoms with Crippen molar-refractivity contribution in [2.75, 3.05) is 18.0 Å². The summed E-state index contributed by atoms with van der Waals surface area (Å²) in [6.45, 7) is 2.33. The number of aromatic nitrogens is 1. The van der Waals surface area contributed by atoms with Gasteiger partial charge >= 0.3 is 6.03 Å². The molecule has 1 aromatic carbocycles. The third-order valence-electron chi connectivity index (χ3n) is 5.82. The highest BCUT2D eigenvalue weighted by Crippen LogP contribution is 2.25. The van der Waals surface area contributed by atoms with Crippen LogP contribution in [0.1, 0.15) is 44.1 Å². The maximum atomic E-state index is 12.4. The van der Waals surface area contributed by atoms with E-state index in [9.17, 15) is 4.79 Å². The summed E-state index contributed by atoms with van der Waals surface area (Å²) in [7, 11) is 0. The summed E-state index contributed by atoms with van der Waals surface area (Å²) in [5, 5.41) is 6.09. The molecule has 1 saturated heterocycles. The van der Waals surface area contributed by atoms with E-state index in [-0.39, 0.29) is 18.2 Å². The fourth-order valence-corrected chi connectivity index (χ4v) is 4.16. The molecular formula is C23H30N4O2. The van der Waals surface area contributed by atoms with Crippen LogP contribution in [-0.4, -0.2) is 36.3 Å². The number of amides is 2. The van der Waals surface area contributed by atoms with Crippen molar-refractivity contribution in [3.8, 4) is 5.88 Å². The molecule has 0 bridgehead atoms. The molecule has 2 fully saturated rings. The molecular weight excluding hydrogens is 364 g/mol. The monoisotopic (exact) mass is 394 g/mol. The normalized spacial score (nSPS) is 17.9. The molecule has 0 spiro atoms. The van der Waals surface area contributed by atoms with Crippen LogP contribution in [0, 0.1) is 0 Å². The van der Waals surface area contributed by atoms with Gasteiger partial charge < -0.3 is 20.3 Å². The molecule has 6 heteroatoms. The third-order valence-corrected chi connectivity index (χ3v) is 5.82. The van der Waals surface area contributed by atoms with Gasteiger partial charge in [0, 0.05) is 43.1 Å². The number of anilines is 1. The Hall–Kier alpha value is -2.76. The maximum Gasteiger partial charge on any atom is 0.315 e. The standard InChI is InChI=1S/C23H30N4O2/c28-23(26-19-12-15-27(16-13-19)20-8-2-1-3-9-20)25-17-18-7-6-14-24-22(18)29-21-10-4-5-11-21/h1-3,6-9,14,19,21H,4-5,10-13,15-17H2,(H2,25,26,28). The molecule has 0 radical (unpaired) electrons. The second kappa shape index (κ2) is 9.63. The van der Waals surface area contributed by atoms with Crippen molar-refractivity contribution in [3.05, 3.63) is 54.2 Å². The average Bonchev–Trinajstić information content (AvgIpc) is 3.27. The molecule has 0 unspecified atom stereocenters. The highest BCUT2D eigenvalue weighted by atomic mass is 16.5. The van der Waals surface area contributed by atoms with Gasteiger partial charge in [-0.1, -0.05) is 24.3 Å². The lowest BCUT2D eigenvalue weighted by molar-refractivity contribution is 0.198. The zero-order valence-corrected chi connectivity index (χ0v) is 16.8. The van der Waals surface area contributed by atoms with E-state index in [1.54, 1.807) is 6.20 Å². The Morgan fingerprint density at radius 3 is 2.55 bits per heavy atom.